The predicted molar refractivity (Wildman–Crippen MR) is 112 cm³/mol. The summed E-state index contributed by atoms with van der Waals surface area (Å²) < 4.78 is 8.40. The van der Waals surface area contributed by atoms with E-state index in [0.29, 0.717) is 22.8 Å². The first-order valence-electron chi connectivity index (χ1n) is 8.81. The van der Waals surface area contributed by atoms with Crippen molar-refractivity contribution in [2.45, 2.75) is 6.61 Å². The number of benzene rings is 3. The molecule has 0 saturated carbocycles. The molecule has 144 valence electrons. The molecule has 29 heavy (non-hydrogen) atoms. The first kappa shape index (κ1) is 18.8. The fourth-order valence-electron chi connectivity index (χ4n) is 2.65. The number of ether oxygens (including phenoxy) is 1. The van der Waals surface area contributed by atoms with E-state index >= 15 is 0 Å². The minimum atomic E-state index is -0.159. The van der Waals surface area contributed by atoms with Gasteiger partial charge < -0.3 is 10.1 Å². The number of carbonyl (C=O) groups is 1. The van der Waals surface area contributed by atoms with Crippen LogP contribution in [0.2, 0.25) is 0 Å². The molecule has 0 radical (unpaired) electrons. The molecule has 1 N–H and O–H groups in total. The zero-order valence-electron chi connectivity index (χ0n) is 15.2. The van der Waals surface area contributed by atoms with Gasteiger partial charge in [0.1, 0.15) is 12.4 Å². The van der Waals surface area contributed by atoms with Gasteiger partial charge in [0, 0.05) is 15.7 Å². The van der Waals surface area contributed by atoms with Gasteiger partial charge in [-0.15, -0.1) is 5.10 Å². The number of aromatic nitrogens is 4. The molecule has 1 heterocycles. The maximum Gasteiger partial charge on any atom is 0.255 e. The summed E-state index contributed by atoms with van der Waals surface area (Å²) in [6.45, 7) is 0.207. The first-order valence-corrected chi connectivity index (χ1v) is 9.61. The zero-order chi connectivity index (χ0) is 20.1. The molecule has 8 heteroatoms. The summed E-state index contributed by atoms with van der Waals surface area (Å²) in [5, 5.41) is 14.6. The van der Waals surface area contributed by atoms with Crippen LogP contribution >= 0.6 is 15.9 Å². The number of nitrogens with one attached hydrogen (secondary N) is 1. The minimum Gasteiger partial charge on any atom is -0.486 e. The summed E-state index contributed by atoms with van der Waals surface area (Å²) in [6.07, 6.45) is 0. The molecule has 1 amide bonds. The Kier molecular flexibility index (Phi) is 5.62. The summed E-state index contributed by atoms with van der Waals surface area (Å²) in [5.74, 6) is 1.06. The van der Waals surface area contributed by atoms with Crippen molar-refractivity contribution in [2.24, 2.45) is 0 Å². The molecule has 4 rings (SSSR count). The number of carbonyl (C=O) groups excluding carboxylic acids is 1. The molecule has 0 saturated heterocycles. The van der Waals surface area contributed by atoms with Gasteiger partial charge in [0.15, 0.2) is 5.82 Å². The Morgan fingerprint density at radius 1 is 0.966 bits per heavy atom. The Morgan fingerprint density at radius 2 is 1.69 bits per heavy atom. The van der Waals surface area contributed by atoms with Crippen LogP contribution in [0.15, 0.2) is 83.3 Å². The second kappa shape index (κ2) is 8.66. The predicted octanol–water partition coefficient (Wildman–Crippen LogP) is 4.26. The van der Waals surface area contributed by atoms with Gasteiger partial charge in [0.05, 0.1) is 5.69 Å². The Bertz CT molecular complexity index is 1100. The topological polar surface area (TPSA) is 81.9 Å². The first-order chi connectivity index (χ1) is 14.2. The quantitative estimate of drug-likeness (QED) is 0.475. The number of tetrazole rings is 1. The summed E-state index contributed by atoms with van der Waals surface area (Å²) in [4.78, 5) is 12.2. The fraction of sp³-hybridized carbons (Fsp3) is 0.0476. The lowest BCUT2D eigenvalue weighted by atomic mass is 10.2. The van der Waals surface area contributed by atoms with E-state index in [2.05, 4.69) is 36.8 Å². The molecule has 3 aromatic carbocycles. The van der Waals surface area contributed by atoms with Gasteiger partial charge in [-0.3, -0.25) is 4.79 Å². The molecule has 4 aromatic rings. The van der Waals surface area contributed by atoms with Crippen molar-refractivity contribution in [1.82, 2.24) is 20.2 Å². The van der Waals surface area contributed by atoms with Crippen LogP contribution in [0.25, 0.3) is 5.69 Å². The lowest BCUT2D eigenvalue weighted by Crippen LogP contribution is -2.11. The number of halogens is 1. The van der Waals surface area contributed by atoms with E-state index in [0.717, 1.165) is 10.2 Å². The standard InChI is InChI=1S/C21H16BrN5O2/c22-16-6-10-18(11-7-16)27-20(24-25-26-27)14-29-19-12-8-17(9-13-19)23-21(28)15-4-2-1-3-5-15/h1-13H,14H2,(H,23,28). The number of hydrogen-bond donors (Lipinski definition) is 1. The van der Waals surface area contributed by atoms with Gasteiger partial charge in [0.25, 0.3) is 5.91 Å². The van der Waals surface area contributed by atoms with E-state index in [1.807, 2.05) is 42.5 Å². The Labute approximate surface area is 175 Å². The Hall–Kier alpha value is -3.52. The summed E-state index contributed by atoms with van der Waals surface area (Å²) >= 11 is 3.41. The lowest BCUT2D eigenvalue weighted by molar-refractivity contribution is 0.102. The van der Waals surface area contributed by atoms with Crippen LogP contribution in [0, 0.1) is 0 Å². The van der Waals surface area contributed by atoms with Gasteiger partial charge in [-0.1, -0.05) is 34.1 Å². The molecular weight excluding hydrogens is 434 g/mol. The van der Waals surface area contributed by atoms with Crippen molar-refractivity contribution in [3.05, 3.63) is 94.7 Å². The lowest BCUT2D eigenvalue weighted by Gasteiger charge is -2.09. The SMILES string of the molecule is O=C(Nc1ccc(OCc2nnnn2-c2ccc(Br)cc2)cc1)c1ccccc1. The average molecular weight is 450 g/mol. The van der Waals surface area contributed by atoms with E-state index in [9.17, 15) is 4.79 Å². The molecule has 0 bridgehead atoms. The van der Waals surface area contributed by atoms with Crippen molar-refractivity contribution in [2.75, 3.05) is 5.32 Å². The van der Waals surface area contributed by atoms with Gasteiger partial charge >= 0.3 is 0 Å². The van der Waals surface area contributed by atoms with Crippen LogP contribution in [-0.2, 0) is 6.61 Å². The molecule has 1 aromatic heterocycles. The monoisotopic (exact) mass is 449 g/mol. The molecule has 0 spiro atoms. The van der Waals surface area contributed by atoms with E-state index < -0.39 is 0 Å². The van der Waals surface area contributed by atoms with Crippen LogP contribution in [0.5, 0.6) is 5.75 Å². The van der Waals surface area contributed by atoms with E-state index in [1.165, 1.54) is 0 Å². The molecular formula is C21H16BrN5O2. The molecule has 0 aliphatic carbocycles. The third-order valence-corrected chi connectivity index (χ3v) is 4.65. The number of amides is 1. The van der Waals surface area contributed by atoms with Crippen LogP contribution in [0.3, 0.4) is 0 Å². The highest BCUT2D eigenvalue weighted by Gasteiger charge is 2.10. The largest absolute Gasteiger partial charge is 0.486 e. The molecule has 0 aliphatic rings. The zero-order valence-corrected chi connectivity index (χ0v) is 16.8. The van der Waals surface area contributed by atoms with Crippen LogP contribution in [0.4, 0.5) is 5.69 Å². The van der Waals surface area contributed by atoms with Crippen molar-refractivity contribution < 1.29 is 9.53 Å². The van der Waals surface area contributed by atoms with E-state index in [-0.39, 0.29) is 12.5 Å². The third kappa shape index (κ3) is 4.67. The van der Waals surface area contributed by atoms with Crippen molar-refractivity contribution in [3.8, 4) is 11.4 Å². The summed E-state index contributed by atoms with van der Waals surface area (Å²) in [6, 6.07) is 23.9. The van der Waals surface area contributed by atoms with Gasteiger partial charge in [-0.2, -0.15) is 4.68 Å². The summed E-state index contributed by atoms with van der Waals surface area (Å²) in [7, 11) is 0. The van der Waals surface area contributed by atoms with Gasteiger partial charge in [-0.05, 0) is 71.1 Å². The van der Waals surface area contributed by atoms with E-state index in [4.69, 9.17) is 4.74 Å². The van der Waals surface area contributed by atoms with Gasteiger partial charge in [0.2, 0.25) is 0 Å². The Balaban J connectivity index is 1.38. The number of rotatable bonds is 6. The van der Waals surface area contributed by atoms with Gasteiger partial charge in [-0.25, -0.2) is 0 Å². The number of hydrogen-bond acceptors (Lipinski definition) is 5. The molecule has 0 unspecified atom stereocenters. The molecule has 0 atom stereocenters. The normalized spacial score (nSPS) is 10.5. The van der Waals surface area contributed by atoms with Crippen molar-refractivity contribution in [3.63, 3.8) is 0 Å². The maximum absolute atomic E-state index is 12.2. The fourth-order valence-corrected chi connectivity index (χ4v) is 2.92. The Morgan fingerprint density at radius 3 is 2.41 bits per heavy atom. The highest BCUT2D eigenvalue weighted by Crippen LogP contribution is 2.19. The van der Waals surface area contributed by atoms with Crippen molar-refractivity contribution >= 4 is 27.5 Å². The molecule has 7 nitrogen and oxygen atoms in total. The minimum absolute atomic E-state index is 0.159. The second-order valence-corrected chi connectivity index (χ2v) is 7.03. The van der Waals surface area contributed by atoms with Crippen molar-refractivity contribution in [1.29, 1.82) is 0 Å². The second-order valence-electron chi connectivity index (χ2n) is 6.12. The van der Waals surface area contributed by atoms with Crippen LogP contribution in [-0.4, -0.2) is 26.1 Å². The maximum atomic E-state index is 12.2. The highest BCUT2D eigenvalue weighted by atomic mass is 79.9. The molecule has 0 aliphatic heterocycles. The average Bonchev–Trinajstić information content (AvgIpc) is 3.23. The smallest absolute Gasteiger partial charge is 0.255 e. The van der Waals surface area contributed by atoms with Crippen LogP contribution in [0.1, 0.15) is 16.2 Å². The highest BCUT2D eigenvalue weighted by molar-refractivity contribution is 9.10. The summed E-state index contributed by atoms with van der Waals surface area (Å²) in [5.41, 5.74) is 2.13. The number of nitrogens with zero attached hydrogens (tertiary/aromatic N) is 4. The number of anilines is 1. The molecule has 0 fully saturated rings. The van der Waals surface area contributed by atoms with Crippen LogP contribution < -0.4 is 10.1 Å². The van der Waals surface area contributed by atoms with E-state index in [1.54, 1.807) is 41.1 Å². The third-order valence-electron chi connectivity index (χ3n) is 4.12.